The monoisotopic (exact) mass is 654 g/mol. The highest BCUT2D eigenvalue weighted by Crippen LogP contribution is 2.49. The maximum absolute atomic E-state index is 13.5. The minimum Gasteiger partial charge on any atom is -0.490 e. The fourth-order valence-corrected chi connectivity index (χ4v) is 9.71. The fraction of sp³-hybridized carbons (Fsp3) is 0.571. The van der Waals surface area contributed by atoms with E-state index in [4.69, 9.17) is 25.8 Å². The SMILES string of the molecule is C[C@@H]1[C@@H](C)C/C=C/[C@]2(COCCO2)[C@@H]2CC[C@H]2CN2C[C@@]3(CCCc4cc(Cl)ccc43)COc3ccc(cc32)C(=O)NS1(=O)=O. The number of sulfonamides is 1. The predicted molar refractivity (Wildman–Crippen MR) is 175 cm³/mol. The summed E-state index contributed by atoms with van der Waals surface area (Å²) in [6, 6.07) is 11.5. The molecule has 2 fully saturated rings. The molecule has 45 heavy (non-hydrogen) atoms. The molecule has 3 aliphatic heterocycles. The third-order valence-electron chi connectivity index (χ3n) is 11.2. The number of fused-ring (bicyclic) bond motifs is 5. The van der Waals surface area contributed by atoms with E-state index in [2.05, 4.69) is 33.9 Å². The highest BCUT2D eigenvalue weighted by atomic mass is 35.5. The maximum Gasteiger partial charge on any atom is 0.264 e. The minimum atomic E-state index is -3.92. The predicted octanol–water partition coefficient (Wildman–Crippen LogP) is 5.67. The van der Waals surface area contributed by atoms with Crippen LogP contribution in [0.5, 0.6) is 5.75 Å². The van der Waals surface area contributed by atoms with Crippen molar-refractivity contribution in [2.75, 3.05) is 44.4 Å². The van der Waals surface area contributed by atoms with E-state index in [-0.39, 0.29) is 17.3 Å². The molecule has 7 rings (SSSR count). The molecule has 6 atom stereocenters. The molecular formula is C35H43ClN2O6S. The van der Waals surface area contributed by atoms with Crippen LogP contribution < -0.4 is 14.4 Å². The Labute approximate surface area is 271 Å². The molecule has 1 saturated carbocycles. The first-order valence-corrected chi connectivity index (χ1v) is 18.3. The van der Waals surface area contributed by atoms with Gasteiger partial charge in [0.05, 0.1) is 37.4 Å². The zero-order valence-corrected chi connectivity index (χ0v) is 27.7. The lowest BCUT2D eigenvalue weighted by Gasteiger charge is -2.52. The number of amides is 1. The van der Waals surface area contributed by atoms with Gasteiger partial charge in [0.2, 0.25) is 10.0 Å². The van der Waals surface area contributed by atoms with Gasteiger partial charge in [-0.3, -0.25) is 4.79 Å². The zero-order valence-electron chi connectivity index (χ0n) is 26.1. The average molecular weight is 655 g/mol. The molecular weight excluding hydrogens is 612 g/mol. The molecule has 3 heterocycles. The number of nitrogens with one attached hydrogen (secondary N) is 1. The molecule has 2 spiro atoms. The maximum atomic E-state index is 13.5. The summed E-state index contributed by atoms with van der Waals surface area (Å²) in [7, 11) is -3.92. The van der Waals surface area contributed by atoms with Crippen LogP contribution in [-0.4, -0.2) is 64.7 Å². The first kappa shape index (κ1) is 31.0. The van der Waals surface area contributed by atoms with E-state index in [1.807, 2.05) is 25.1 Å². The molecule has 8 nitrogen and oxygen atoms in total. The van der Waals surface area contributed by atoms with E-state index < -0.39 is 26.8 Å². The normalized spacial score (nSPS) is 35.3. The lowest BCUT2D eigenvalue weighted by atomic mass is 9.64. The Kier molecular flexibility index (Phi) is 8.20. The van der Waals surface area contributed by atoms with Crippen LogP contribution in [0.25, 0.3) is 0 Å². The van der Waals surface area contributed by atoms with Crippen molar-refractivity contribution in [3.05, 3.63) is 70.3 Å². The number of hydrogen-bond acceptors (Lipinski definition) is 7. The number of hydrogen-bond donors (Lipinski definition) is 1. The number of carbonyl (C=O) groups is 1. The molecule has 2 bridgehead atoms. The standard InChI is InChI=1S/C35H43ClN2O6S/c1-23-5-3-14-35(22-42-15-16-44-35)30-10-7-27(30)19-38-20-34(13-4-6-25-17-28(36)9-11-29(25)34)21-43-32-12-8-26(18-31(32)38)33(39)37-45(40,41)24(23)2/h3,8-9,11-12,14,17-18,23-24,27,30H,4-7,10,13,15-16,19-22H2,1-2H3,(H,37,39)/b14-3+/t23-,24+,27-,30+,34-,35-/m0/s1. The van der Waals surface area contributed by atoms with Gasteiger partial charge in [-0.25, -0.2) is 13.1 Å². The van der Waals surface area contributed by atoms with Gasteiger partial charge in [0.1, 0.15) is 11.4 Å². The fourth-order valence-electron chi connectivity index (χ4n) is 8.23. The lowest BCUT2D eigenvalue weighted by Crippen LogP contribution is -2.56. The van der Waals surface area contributed by atoms with Crippen molar-refractivity contribution in [1.29, 1.82) is 0 Å². The van der Waals surface area contributed by atoms with Gasteiger partial charge in [-0.2, -0.15) is 0 Å². The van der Waals surface area contributed by atoms with Crippen molar-refractivity contribution in [1.82, 2.24) is 4.72 Å². The quantitative estimate of drug-likeness (QED) is 0.366. The summed E-state index contributed by atoms with van der Waals surface area (Å²) >= 11 is 6.44. The summed E-state index contributed by atoms with van der Waals surface area (Å²) in [5.74, 6) is 0.474. The number of halogens is 1. The van der Waals surface area contributed by atoms with Gasteiger partial charge in [-0.05, 0) is 105 Å². The Balaban J connectivity index is 1.32. The van der Waals surface area contributed by atoms with Crippen molar-refractivity contribution >= 4 is 33.2 Å². The van der Waals surface area contributed by atoms with Gasteiger partial charge in [0.25, 0.3) is 5.91 Å². The minimum absolute atomic E-state index is 0.210. The van der Waals surface area contributed by atoms with Crippen LogP contribution in [0, 0.1) is 17.8 Å². The molecule has 2 aromatic rings. The highest BCUT2D eigenvalue weighted by Gasteiger charge is 2.50. The number of allylic oxidation sites excluding steroid dienone is 1. The molecule has 0 aromatic heterocycles. The largest absolute Gasteiger partial charge is 0.490 e. The molecule has 242 valence electrons. The molecule has 5 aliphatic rings. The van der Waals surface area contributed by atoms with Crippen molar-refractivity contribution in [2.24, 2.45) is 17.8 Å². The van der Waals surface area contributed by atoms with Crippen LogP contribution >= 0.6 is 11.6 Å². The number of nitrogens with zero attached hydrogens (tertiary/aromatic N) is 1. The highest BCUT2D eigenvalue weighted by molar-refractivity contribution is 7.90. The van der Waals surface area contributed by atoms with Gasteiger partial charge in [0.15, 0.2) is 0 Å². The Hall–Kier alpha value is -2.59. The smallest absolute Gasteiger partial charge is 0.264 e. The molecule has 2 aromatic carbocycles. The van der Waals surface area contributed by atoms with Crippen LogP contribution in [0.2, 0.25) is 5.02 Å². The summed E-state index contributed by atoms with van der Waals surface area (Å²) in [6.45, 7) is 7.16. The van der Waals surface area contributed by atoms with Crippen LogP contribution in [0.3, 0.4) is 0 Å². The third kappa shape index (κ3) is 5.68. The third-order valence-corrected chi connectivity index (χ3v) is 13.3. The first-order chi connectivity index (χ1) is 21.6. The number of aryl methyl sites for hydroxylation is 1. The molecule has 1 N–H and O–H groups in total. The second-order valence-electron chi connectivity index (χ2n) is 13.9. The molecule has 1 saturated heterocycles. The van der Waals surface area contributed by atoms with E-state index >= 15 is 0 Å². The van der Waals surface area contributed by atoms with Gasteiger partial charge < -0.3 is 19.1 Å². The molecule has 10 heteroatoms. The molecule has 0 unspecified atom stereocenters. The average Bonchev–Trinajstić information content (AvgIpc) is 3.15. The Morgan fingerprint density at radius 3 is 2.71 bits per heavy atom. The topological polar surface area (TPSA) is 94.2 Å². The molecule has 2 aliphatic carbocycles. The van der Waals surface area contributed by atoms with Gasteiger partial charge >= 0.3 is 0 Å². The Morgan fingerprint density at radius 1 is 1.07 bits per heavy atom. The lowest BCUT2D eigenvalue weighted by molar-refractivity contribution is -0.182. The summed E-state index contributed by atoms with van der Waals surface area (Å²) in [5, 5.41) is -0.0244. The summed E-state index contributed by atoms with van der Waals surface area (Å²) in [5.41, 5.74) is 2.87. The van der Waals surface area contributed by atoms with E-state index in [0.717, 1.165) is 55.9 Å². The van der Waals surface area contributed by atoms with Crippen LogP contribution in [0.15, 0.2) is 48.6 Å². The van der Waals surface area contributed by atoms with Crippen molar-refractivity contribution in [3.63, 3.8) is 0 Å². The van der Waals surface area contributed by atoms with E-state index in [1.165, 1.54) is 11.1 Å². The molecule has 0 radical (unpaired) electrons. The zero-order chi connectivity index (χ0) is 31.4. The summed E-state index contributed by atoms with van der Waals surface area (Å²) in [4.78, 5) is 15.9. The number of rotatable bonds is 0. The van der Waals surface area contributed by atoms with E-state index in [1.54, 1.807) is 13.0 Å². The van der Waals surface area contributed by atoms with Crippen molar-refractivity contribution in [3.8, 4) is 5.75 Å². The van der Waals surface area contributed by atoms with Crippen LogP contribution in [0.4, 0.5) is 5.69 Å². The summed E-state index contributed by atoms with van der Waals surface area (Å²) in [6.07, 6.45) is 9.85. The van der Waals surface area contributed by atoms with Crippen LogP contribution in [-0.2, 0) is 31.3 Å². The van der Waals surface area contributed by atoms with E-state index in [0.29, 0.717) is 50.1 Å². The second-order valence-corrected chi connectivity index (χ2v) is 16.4. The number of ether oxygens (including phenoxy) is 3. The first-order valence-electron chi connectivity index (χ1n) is 16.4. The Morgan fingerprint density at radius 2 is 1.93 bits per heavy atom. The van der Waals surface area contributed by atoms with E-state index in [9.17, 15) is 13.2 Å². The number of benzene rings is 2. The molecule has 1 amide bonds. The Bertz CT molecular complexity index is 1600. The van der Waals surface area contributed by atoms with Crippen molar-refractivity contribution in [2.45, 2.75) is 68.6 Å². The second kappa shape index (κ2) is 11.9. The van der Waals surface area contributed by atoms with Crippen molar-refractivity contribution < 1.29 is 27.4 Å². The summed E-state index contributed by atoms with van der Waals surface area (Å²) < 4.78 is 48.3. The van der Waals surface area contributed by atoms with Crippen LogP contribution in [0.1, 0.15) is 67.4 Å². The van der Waals surface area contributed by atoms with Gasteiger partial charge in [-0.1, -0.05) is 36.7 Å². The van der Waals surface area contributed by atoms with Gasteiger partial charge in [0, 0.05) is 29.1 Å². The van der Waals surface area contributed by atoms with Gasteiger partial charge in [-0.15, -0.1) is 0 Å². The number of carbonyl (C=O) groups excluding carboxylic acids is 1. The number of anilines is 1.